The molecular weight excluding hydrogens is 218 g/mol. The van der Waals surface area contributed by atoms with Crippen LogP contribution in [0.5, 0.6) is 0 Å². The summed E-state index contributed by atoms with van der Waals surface area (Å²) in [6, 6.07) is 0. The van der Waals surface area contributed by atoms with Crippen LogP contribution in [0, 0.1) is 5.41 Å². The van der Waals surface area contributed by atoms with E-state index in [1.807, 2.05) is 0 Å². The molecule has 98 valence electrons. The van der Waals surface area contributed by atoms with Crippen LogP contribution in [0.2, 0.25) is 0 Å². The summed E-state index contributed by atoms with van der Waals surface area (Å²) in [5.74, 6) is -1.68. The molecule has 0 aliphatic heterocycles. The van der Waals surface area contributed by atoms with Crippen molar-refractivity contribution in [1.82, 2.24) is 0 Å². The van der Waals surface area contributed by atoms with Crippen LogP contribution >= 0.6 is 0 Å². The predicted molar refractivity (Wildman–Crippen MR) is 67.5 cm³/mol. The Morgan fingerprint density at radius 2 is 1.82 bits per heavy atom. The van der Waals surface area contributed by atoms with Crippen molar-refractivity contribution in [2.45, 2.75) is 52.9 Å². The van der Waals surface area contributed by atoms with Gasteiger partial charge in [-0.15, -0.1) is 0 Å². The van der Waals surface area contributed by atoms with Crippen molar-refractivity contribution in [3.05, 3.63) is 11.6 Å². The highest BCUT2D eigenvalue weighted by Gasteiger charge is 2.34. The Kier molecular flexibility index (Phi) is 6.54. The summed E-state index contributed by atoms with van der Waals surface area (Å²) in [5.41, 5.74) is 4.22. The second-order valence-electron chi connectivity index (χ2n) is 4.76. The Morgan fingerprint density at radius 3 is 2.24 bits per heavy atom. The van der Waals surface area contributed by atoms with Crippen molar-refractivity contribution in [2.75, 3.05) is 0 Å². The van der Waals surface area contributed by atoms with Gasteiger partial charge in [0.1, 0.15) is 0 Å². The smallest absolute Gasteiger partial charge is 0.313 e. The number of primary amides is 1. The molecule has 0 rings (SSSR count). The van der Waals surface area contributed by atoms with E-state index in [9.17, 15) is 9.59 Å². The summed E-state index contributed by atoms with van der Waals surface area (Å²) in [7, 11) is 0. The van der Waals surface area contributed by atoms with Crippen LogP contribution in [0.25, 0.3) is 0 Å². The molecule has 0 aromatic heterocycles. The van der Waals surface area contributed by atoms with E-state index in [1.54, 1.807) is 6.08 Å². The van der Waals surface area contributed by atoms with Crippen LogP contribution < -0.4 is 5.73 Å². The molecule has 0 atom stereocenters. The predicted octanol–water partition coefficient (Wildman–Crippen LogP) is 2.48. The van der Waals surface area contributed by atoms with Gasteiger partial charge < -0.3 is 10.8 Å². The van der Waals surface area contributed by atoms with E-state index in [-0.39, 0.29) is 5.57 Å². The fraction of sp³-hybridized carbons (Fsp3) is 0.692. The maximum Gasteiger partial charge on any atom is 0.313 e. The second-order valence-corrected chi connectivity index (χ2v) is 4.76. The topological polar surface area (TPSA) is 80.4 Å². The van der Waals surface area contributed by atoms with Crippen LogP contribution in [-0.2, 0) is 9.59 Å². The van der Waals surface area contributed by atoms with Crippen LogP contribution in [0.4, 0.5) is 0 Å². The van der Waals surface area contributed by atoms with Gasteiger partial charge in [0.15, 0.2) is 0 Å². The average molecular weight is 241 g/mol. The van der Waals surface area contributed by atoms with Gasteiger partial charge in [-0.2, -0.15) is 0 Å². The summed E-state index contributed by atoms with van der Waals surface area (Å²) in [4.78, 5) is 22.3. The molecule has 0 aromatic rings. The van der Waals surface area contributed by atoms with E-state index >= 15 is 0 Å². The zero-order valence-corrected chi connectivity index (χ0v) is 11.0. The molecule has 4 heteroatoms. The van der Waals surface area contributed by atoms with Crippen molar-refractivity contribution >= 4 is 11.9 Å². The molecule has 0 fully saturated rings. The number of allylic oxidation sites excluding steroid dienone is 1. The lowest BCUT2D eigenvalue weighted by atomic mass is 9.83. The number of nitrogens with two attached hydrogens (primary N) is 1. The number of rotatable bonds is 8. The minimum absolute atomic E-state index is 0.196. The third-order valence-corrected chi connectivity index (χ3v) is 2.88. The fourth-order valence-electron chi connectivity index (χ4n) is 1.60. The zero-order chi connectivity index (χ0) is 13.5. The molecule has 3 N–H and O–H groups in total. The SMILES string of the molecule is CCCCCCC=C(C(N)=O)C(C)(C)C(=O)O. The largest absolute Gasteiger partial charge is 0.481 e. The lowest BCUT2D eigenvalue weighted by Crippen LogP contribution is -2.33. The van der Waals surface area contributed by atoms with E-state index in [0.29, 0.717) is 6.42 Å². The van der Waals surface area contributed by atoms with Crippen LogP contribution in [-0.4, -0.2) is 17.0 Å². The van der Waals surface area contributed by atoms with E-state index in [0.717, 1.165) is 25.7 Å². The summed E-state index contributed by atoms with van der Waals surface area (Å²) >= 11 is 0. The molecule has 0 aromatic carbocycles. The third kappa shape index (κ3) is 5.02. The highest BCUT2D eigenvalue weighted by Crippen LogP contribution is 2.27. The Labute approximate surface area is 103 Å². The quantitative estimate of drug-likeness (QED) is 0.506. The summed E-state index contributed by atoms with van der Waals surface area (Å²) in [5, 5.41) is 9.05. The van der Waals surface area contributed by atoms with E-state index in [1.165, 1.54) is 13.8 Å². The number of carbonyl (C=O) groups excluding carboxylic acids is 1. The molecule has 0 unspecified atom stereocenters. The number of amides is 1. The number of aliphatic carboxylic acids is 1. The molecular formula is C13H23NO3. The Hall–Kier alpha value is -1.32. The summed E-state index contributed by atoms with van der Waals surface area (Å²) < 4.78 is 0. The van der Waals surface area contributed by atoms with Crippen LogP contribution in [0.1, 0.15) is 52.9 Å². The van der Waals surface area contributed by atoms with Crippen molar-refractivity contribution < 1.29 is 14.7 Å². The van der Waals surface area contributed by atoms with Crippen molar-refractivity contribution in [3.8, 4) is 0 Å². The number of hydrogen-bond donors (Lipinski definition) is 2. The molecule has 0 heterocycles. The van der Waals surface area contributed by atoms with E-state index < -0.39 is 17.3 Å². The first kappa shape index (κ1) is 15.7. The molecule has 0 aliphatic carbocycles. The highest BCUT2D eigenvalue weighted by atomic mass is 16.4. The molecule has 0 saturated carbocycles. The van der Waals surface area contributed by atoms with Gasteiger partial charge in [0, 0.05) is 5.57 Å². The first-order valence-electron chi connectivity index (χ1n) is 6.07. The van der Waals surface area contributed by atoms with Gasteiger partial charge in [-0.05, 0) is 26.7 Å². The van der Waals surface area contributed by atoms with Gasteiger partial charge in [-0.1, -0.05) is 32.3 Å². The van der Waals surface area contributed by atoms with E-state index in [4.69, 9.17) is 10.8 Å². The molecule has 4 nitrogen and oxygen atoms in total. The van der Waals surface area contributed by atoms with Crippen molar-refractivity contribution in [2.24, 2.45) is 11.1 Å². The Morgan fingerprint density at radius 1 is 1.24 bits per heavy atom. The highest BCUT2D eigenvalue weighted by molar-refractivity contribution is 5.99. The first-order valence-corrected chi connectivity index (χ1v) is 6.07. The minimum atomic E-state index is -1.21. The van der Waals surface area contributed by atoms with Crippen molar-refractivity contribution in [1.29, 1.82) is 0 Å². The monoisotopic (exact) mass is 241 g/mol. The number of unbranched alkanes of at least 4 members (excludes halogenated alkanes) is 4. The van der Waals surface area contributed by atoms with Gasteiger partial charge in [0.2, 0.25) is 5.91 Å². The second kappa shape index (κ2) is 7.09. The van der Waals surface area contributed by atoms with Gasteiger partial charge in [0.05, 0.1) is 5.41 Å². The molecule has 0 bridgehead atoms. The Balaban J connectivity index is 4.59. The maximum atomic E-state index is 11.3. The van der Waals surface area contributed by atoms with Gasteiger partial charge in [0.25, 0.3) is 0 Å². The molecule has 0 saturated heterocycles. The van der Waals surface area contributed by atoms with Gasteiger partial charge >= 0.3 is 5.97 Å². The third-order valence-electron chi connectivity index (χ3n) is 2.88. The minimum Gasteiger partial charge on any atom is -0.481 e. The van der Waals surface area contributed by atoms with Crippen molar-refractivity contribution in [3.63, 3.8) is 0 Å². The van der Waals surface area contributed by atoms with E-state index in [2.05, 4.69) is 6.92 Å². The number of carboxylic acid groups (broad SMARTS) is 1. The average Bonchev–Trinajstić information content (AvgIpc) is 2.22. The lowest BCUT2D eigenvalue weighted by Gasteiger charge is -2.20. The normalized spacial score (nSPS) is 12.5. The summed E-state index contributed by atoms with van der Waals surface area (Å²) in [6.07, 6.45) is 6.73. The molecule has 0 radical (unpaired) electrons. The molecule has 0 spiro atoms. The standard InChI is InChI=1S/C13H23NO3/c1-4-5-6-7-8-9-10(11(14)15)13(2,3)12(16)17/h9H,4-8H2,1-3H3,(H2,14,15)(H,16,17). The number of hydrogen-bond acceptors (Lipinski definition) is 2. The molecule has 17 heavy (non-hydrogen) atoms. The first-order chi connectivity index (χ1) is 7.84. The van der Waals surface area contributed by atoms with Gasteiger partial charge in [-0.25, -0.2) is 0 Å². The van der Waals surface area contributed by atoms with Crippen LogP contribution in [0.3, 0.4) is 0 Å². The molecule has 0 aliphatic rings. The maximum absolute atomic E-state index is 11.3. The number of carboxylic acids is 1. The zero-order valence-electron chi connectivity index (χ0n) is 11.0. The van der Waals surface area contributed by atoms with Gasteiger partial charge in [-0.3, -0.25) is 9.59 Å². The summed E-state index contributed by atoms with van der Waals surface area (Å²) in [6.45, 7) is 5.12. The molecule has 1 amide bonds. The fourth-order valence-corrected chi connectivity index (χ4v) is 1.60. The van der Waals surface area contributed by atoms with Crippen LogP contribution in [0.15, 0.2) is 11.6 Å². The Bertz CT molecular complexity index is 306. The lowest BCUT2D eigenvalue weighted by molar-refractivity contribution is -0.145. The number of carbonyl (C=O) groups is 2.